The molecule has 5 nitrogen and oxygen atoms in total. The van der Waals surface area contributed by atoms with Crippen LogP contribution in [-0.2, 0) is 9.59 Å². The Balaban J connectivity index is 1.78. The molecular weight excluding hydrogens is 383 g/mol. The highest BCUT2D eigenvalue weighted by Gasteiger charge is 2.43. The maximum absolute atomic E-state index is 13.1. The fourth-order valence-electron chi connectivity index (χ4n) is 2.88. The minimum atomic E-state index is -1.11. The topological polar surface area (TPSA) is 78.4 Å². The van der Waals surface area contributed by atoms with Crippen molar-refractivity contribution in [2.24, 2.45) is 0 Å². The molecule has 1 atom stereocenters. The number of amides is 2. The highest BCUT2D eigenvalue weighted by molar-refractivity contribution is 6.34. The number of hydrogen-bond acceptors (Lipinski definition) is 3. The van der Waals surface area contributed by atoms with E-state index in [9.17, 15) is 19.1 Å². The van der Waals surface area contributed by atoms with E-state index in [1.165, 1.54) is 6.07 Å². The molecule has 0 saturated carbocycles. The maximum atomic E-state index is 13.1. The summed E-state index contributed by atoms with van der Waals surface area (Å²) in [6.07, 6.45) is 3.96. The van der Waals surface area contributed by atoms with Crippen molar-refractivity contribution >= 4 is 35.2 Å². The molecule has 0 fully saturated rings. The van der Waals surface area contributed by atoms with Gasteiger partial charge < -0.3 is 15.7 Å². The van der Waals surface area contributed by atoms with Crippen LogP contribution in [0.4, 0.5) is 10.1 Å². The number of carbonyl (C=O) groups is 2. The zero-order valence-corrected chi connectivity index (χ0v) is 15.8. The molecule has 2 aromatic rings. The largest absolute Gasteiger partial charge is 0.509 e. The van der Waals surface area contributed by atoms with Gasteiger partial charge in [0.1, 0.15) is 17.1 Å². The fourth-order valence-corrected chi connectivity index (χ4v) is 3.10. The summed E-state index contributed by atoms with van der Waals surface area (Å²) in [5.74, 6) is -2.42. The van der Waals surface area contributed by atoms with Gasteiger partial charge in [-0.3, -0.25) is 9.59 Å². The minimum absolute atomic E-state index is 0.0135. The van der Waals surface area contributed by atoms with Gasteiger partial charge >= 0.3 is 0 Å². The molecule has 28 heavy (non-hydrogen) atoms. The van der Waals surface area contributed by atoms with Crippen LogP contribution in [0.15, 0.2) is 65.9 Å². The number of hydrogen-bond donors (Lipinski definition) is 3. The normalized spacial score (nSPS) is 19.2. The molecule has 1 aliphatic heterocycles. The lowest BCUT2D eigenvalue weighted by Crippen LogP contribution is -2.41. The number of benzene rings is 2. The van der Waals surface area contributed by atoms with Gasteiger partial charge in [-0.05, 0) is 37.1 Å². The molecule has 0 radical (unpaired) electrons. The average molecular weight is 401 g/mol. The van der Waals surface area contributed by atoms with Crippen LogP contribution in [0.2, 0.25) is 5.02 Å². The van der Waals surface area contributed by atoms with E-state index in [2.05, 4.69) is 10.6 Å². The Hall–Kier alpha value is -3.12. The van der Waals surface area contributed by atoms with Gasteiger partial charge in [-0.15, -0.1) is 0 Å². The summed E-state index contributed by atoms with van der Waals surface area (Å²) in [5.41, 5.74) is -0.390. The van der Waals surface area contributed by atoms with Crippen LogP contribution < -0.4 is 10.6 Å². The lowest BCUT2D eigenvalue weighted by molar-refractivity contribution is -0.121. The van der Waals surface area contributed by atoms with Crippen molar-refractivity contribution in [3.63, 3.8) is 0 Å². The molecule has 2 amide bonds. The predicted octanol–water partition coefficient (Wildman–Crippen LogP) is 4.22. The second-order valence-corrected chi connectivity index (χ2v) is 7.01. The summed E-state index contributed by atoms with van der Waals surface area (Å²) in [4.78, 5) is 24.8. The number of aliphatic hydroxyl groups is 1. The van der Waals surface area contributed by atoms with Crippen molar-refractivity contribution in [2.75, 3.05) is 5.32 Å². The van der Waals surface area contributed by atoms with Gasteiger partial charge in [-0.2, -0.15) is 0 Å². The Labute approximate surface area is 166 Å². The van der Waals surface area contributed by atoms with Gasteiger partial charge in [0.15, 0.2) is 0 Å². The van der Waals surface area contributed by atoms with Crippen LogP contribution in [0.25, 0.3) is 6.08 Å². The number of aliphatic hydroxyl groups excluding tert-OH is 1. The first kappa shape index (κ1) is 19.6. The highest BCUT2D eigenvalue weighted by Crippen LogP contribution is 2.30. The summed E-state index contributed by atoms with van der Waals surface area (Å²) in [6, 6.07) is 13.0. The van der Waals surface area contributed by atoms with Gasteiger partial charge in [0.2, 0.25) is 0 Å². The Bertz CT molecular complexity index is 988. The van der Waals surface area contributed by atoms with Gasteiger partial charge in [0.25, 0.3) is 11.8 Å². The zero-order chi connectivity index (χ0) is 20.3. The molecular formula is C21H18ClFN2O3. The summed E-state index contributed by atoms with van der Waals surface area (Å²) in [7, 11) is 0. The molecule has 144 valence electrons. The summed E-state index contributed by atoms with van der Waals surface area (Å²) in [5, 5.41) is 15.6. The first-order chi connectivity index (χ1) is 13.3. The fraction of sp³-hybridized carbons (Fsp3) is 0.143. The van der Waals surface area contributed by atoms with E-state index in [-0.39, 0.29) is 22.9 Å². The van der Waals surface area contributed by atoms with Gasteiger partial charge in [0, 0.05) is 0 Å². The molecule has 7 heteroatoms. The number of anilines is 1. The van der Waals surface area contributed by atoms with Gasteiger partial charge in [-0.25, -0.2) is 4.39 Å². The van der Waals surface area contributed by atoms with Crippen molar-refractivity contribution in [3.8, 4) is 0 Å². The Morgan fingerprint density at radius 3 is 2.68 bits per heavy atom. The molecule has 1 heterocycles. The molecule has 1 unspecified atom stereocenters. The number of halogens is 2. The molecule has 3 rings (SSSR count). The first-order valence-corrected chi connectivity index (χ1v) is 8.92. The third-order valence-electron chi connectivity index (χ3n) is 4.42. The van der Waals surface area contributed by atoms with E-state index in [0.717, 1.165) is 17.7 Å². The van der Waals surface area contributed by atoms with E-state index in [1.807, 2.05) is 42.5 Å². The molecule has 1 aliphatic rings. The second kappa shape index (κ2) is 7.86. The molecule has 0 spiro atoms. The van der Waals surface area contributed by atoms with Crippen LogP contribution in [0, 0.1) is 5.82 Å². The Morgan fingerprint density at radius 1 is 1.29 bits per heavy atom. The summed E-state index contributed by atoms with van der Waals surface area (Å²) >= 11 is 5.89. The van der Waals surface area contributed by atoms with Crippen LogP contribution in [0.5, 0.6) is 0 Å². The van der Waals surface area contributed by atoms with E-state index < -0.39 is 28.7 Å². The minimum Gasteiger partial charge on any atom is -0.509 e. The predicted molar refractivity (Wildman–Crippen MR) is 106 cm³/mol. The van der Waals surface area contributed by atoms with E-state index in [0.29, 0.717) is 0 Å². The smallest absolute Gasteiger partial charge is 0.264 e. The monoisotopic (exact) mass is 400 g/mol. The lowest BCUT2D eigenvalue weighted by Gasteiger charge is -2.22. The quantitative estimate of drug-likeness (QED) is 0.657. The first-order valence-electron chi connectivity index (χ1n) is 8.54. The molecule has 0 aliphatic carbocycles. The van der Waals surface area contributed by atoms with Gasteiger partial charge in [0.05, 0.1) is 16.2 Å². The standard InChI is InChI=1S/C21H18ClFN2O3/c1-21(11-5-8-13-6-3-2-4-7-13)18(26)17(20(28)25-21)19(27)24-16-10-9-14(23)12-15(16)22/h2-10,12,26H,11H2,1H3,(H,24,27)(H,25,28)/b8-5+. The Morgan fingerprint density at radius 2 is 2.00 bits per heavy atom. The van der Waals surface area contributed by atoms with Crippen molar-refractivity contribution in [1.82, 2.24) is 5.32 Å². The molecule has 0 bridgehead atoms. The lowest BCUT2D eigenvalue weighted by atomic mass is 9.95. The number of rotatable bonds is 5. The molecule has 0 saturated heterocycles. The molecule has 3 N–H and O–H groups in total. The van der Waals surface area contributed by atoms with E-state index >= 15 is 0 Å². The van der Waals surface area contributed by atoms with Crippen LogP contribution >= 0.6 is 11.6 Å². The van der Waals surface area contributed by atoms with Crippen molar-refractivity contribution in [3.05, 3.63) is 82.3 Å². The molecule has 0 aromatic heterocycles. The third kappa shape index (κ3) is 4.07. The summed E-state index contributed by atoms with van der Waals surface area (Å²) in [6.45, 7) is 1.63. The zero-order valence-electron chi connectivity index (χ0n) is 15.0. The third-order valence-corrected chi connectivity index (χ3v) is 4.73. The maximum Gasteiger partial charge on any atom is 0.264 e. The molecule has 2 aromatic carbocycles. The number of nitrogens with one attached hydrogen (secondary N) is 2. The second-order valence-electron chi connectivity index (χ2n) is 6.61. The van der Waals surface area contributed by atoms with E-state index in [4.69, 9.17) is 11.6 Å². The van der Waals surface area contributed by atoms with Crippen molar-refractivity contribution in [1.29, 1.82) is 0 Å². The SMILES string of the molecule is CC1(C/C=C/c2ccccc2)NC(=O)C(C(=O)Nc2ccc(F)cc2Cl)=C1O. The Kier molecular flexibility index (Phi) is 5.51. The van der Waals surface area contributed by atoms with Gasteiger partial charge in [-0.1, -0.05) is 54.1 Å². The average Bonchev–Trinajstić information content (AvgIpc) is 2.87. The highest BCUT2D eigenvalue weighted by atomic mass is 35.5. The van der Waals surface area contributed by atoms with Crippen molar-refractivity contribution in [2.45, 2.75) is 18.9 Å². The summed E-state index contributed by atoms with van der Waals surface area (Å²) < 4.78 is 13.1. The van der Waals surface area contributed by atoms with Crippen LogP contribution in [0.3, 0.4) is 0 Å². The van der Waals surface area contributed by atoms with Crippen LogP contribution in [-0.4, -0.2) is 22.5 Å². The van der Waals surface area contributed by atoms with E-state index in [1.54, 1.807) is 6.92 Å². The van der Waals surface area contributed by atoms with Crippen molar-refractivity contribution < 1.29 is 19.1 Å². The van der Waals surface area contributed by atoms with Crippen LogP contribution in [0.1, 0.15) is 18.9 Å². The number of carbonyl (C=O) groups excluding carboxylic acids is 2.